The fourth-order valence-electron chi connectivity index (χ4n) is 9.31. The number of anilines is 3. The minimum atomic E-state index is 0.863. The van der Waals surface area contributed by atoms with Crippen LogP contribution in [0.2, 0.25) is 0 Å². The molecule has 10 aromatic carbocycles. The zero-order valence-electron chi connectivity index (χ0n) is 33.2. The minimum absolute atomic E-state index is 0.863. The molecule has 0 unspecified atom stereocenters. The molecule has 0 atom stereocenters. The lowest BCUT2D eigenvalue weighted by Gasteiger charge is -2.27. The predicted octanol–water partition coefficient (Wildman–Crippen LogP) is 16.3. The minimum Gasteiger partial charge on any atom is -0.454 e. The zero-order valence-corrected chi connectivity index (χ0v) is 33.2. The highest BCUT2D eigenvalue weighted by molar-refractivity contribution is 6.23. The highest BCUT2D eigenvalue weighted by Gasteiger charge is 2.22. The van der Waals surface area contributed by atoms with E-state index in [9.17, 15) is 0 Å². The molecule has 0 aliphatic rings. The second-order valence-electron chi connectivity index (χ2n) is 15.7. The second-order valence-corrected chi connectivity index (χ2v) is 15.7. The van der Waals surface area contributed by atoms with Gasteiger partial charge >= 0.3 is 0 Å². The van der Waals surface area contributed by atoms with Gasteiger partial charge in [-0.25, -0.2) is 0 Å². The van der Waals surface area contributed by atoms with E-state index in [-0.39, 0.29) is 0 Å². The molecule has 3 heteroatoms. The molecule has 12 rings (SSSR count). The number of furan rings is 1. The van der Waals surface area contributed by atoms with Gasteiger partial charge in [-0.2, -0.15) is 0 Å². The van der Waals surface area contributed by atoms with E-state index in [1.54, 1.807) is 0 Å². The third kappa shape index (κ3) is 5.90. The molecular formula is C58H38N2O. The van der Waals surface area contributed by atoms with Crippen molar-refractivity contribution in [2.45, 2.75) is 0 Å². The van der Waals surface area contributed by atoms with Gasteiger partial charge < -0.3 is 13.9 Å². The Hall–Kier alpha value is -8.14. The average Bonchev–Trinajstić information content (AvgIpc) is 3.89. The fourth-order valence-corrected chi connectivity index (χ4v) is 9.31. The van der Waals surface area contributed by atoms with Crippen molar-refractivity contribution >= 4 is 71.6 Å². The standard InChI is InChI=1S/C58H38N2O/c1-2-15-39(16-3-1)40-31-33-46(34-32-40)59(55-38-45-17-4-5-24-49(45)57-52-27-8-11-30-56(52)61-58(55)57)47-22-13-20-43(36-47)41-18-12-19-42(35-41)44-21-14-23-48(37-44)60-53-28-9-6-25-50(53)51-26-7-10-29-54(51)60/h1-38H. The average molecular weight is 779 g/mol. The number of hydrogen-bond acceptors (Lipinski definition) is 2. The Morgan fingerprint density at radius 2 is 0.885 bits per heavy atom. The molecule has 0 amide bonds. The van der Waals surface area contributed by atoms with Gasteiger partial charge in [-0.05, 0) is 111 Å². The first kappa shape index (κ1) is 34.9. The van der Waals surface area contributed by atoms with Gasteiger partial charge in [0.25, 0.3) is 0 Å². The summed E-state index contributed by atoms with van der Waals surface area (Å²) in [5, 5.41) is 7.10. The summed E-state index contributed by atoms with van der Waals surface area (Å²) in [6.07, 6.45) is 0. The topological polar surface area (TPSA) is 21.3 Å². The van der Waals surface area contributed by atoms with Gasteiger partial charge in [0, 0.05) is 38.6 Å². The van der Waals surface area contributed by atoms with E-state index in [2.05, 4.69) is 234 Å². The Morgan fingerprint density at radius 3 is 1.62 bits per heavy atom. The number of para-hydroxylation sites is 3. The van der Waals surface area contributed by atoms with Crippen LogP contribution in [0.15, 0.2) is 235 Å². The van der Waals surface area contributed by atoms with Crippen molar-refractivity contribution < 1.29 is 4.42 Å². The molecular weight excluding hydrogens is 741 g/mol. The summed E-state index contributed by atoms with van der Waals surface area (Å²) in [6, 6.07) is 82.8. The summed E-state index contributed by atoms with van der Waals surface area (Å²) in [5.41, 5.74) is 15.3. The molecule has 0 bridgehead atoms. The Kier molecular flexibility index (Phi) is 8.17. The van der Waals surface area contributed by atoms with Crippen LogP contribution in [0.5, 0.6) is 0 Å². The molecule has 0 spiro atoms. The Labute approximate surface area is 353 Å². The first-order valence-corrected chi connectivity index (χ1v) is 20.8. The van der Waals surface area contributed by atoms with Crippen molar-refractivity contribution in [3.63, 3.8) is 0 Å². The molecule has 2 aromatic heterocycles. The SMILES string of the molecule is c1ccc(-c2ccc(N(c3cccc(-c4cccc(-c5cccc(-n6c7ccccc7c7ccccc76)c5)c4)c3)c3cc4ccccc4c4c3oc3ccccc34)cc2)cc1. The van der Waals surface area contributed by atoms with E-state index in [0.717, 1.165) is 66.8 Å². The largest absolute Gasteiger partial charge is 0.454 e. The Balaban J connectivity index is 0.996. The first-order valence-electron chi connectivity index (χ1n) is 20.8. The van der Waals surface area contributed by atoms with Crippen LogP contribution < -0.4 is 4.90 Å². The van der Waals surface area contributed by atoms with Gasteiger partial charge in [0.2, 0.25) is 0 Å². The quantitative estimate of drug-likeness (QED) is 0.161. The van der Waals surface area contributed by atoms with E-state index < -0.39 is 0 Å². The maximum absolute atomic E-state index is 6.83. The van der Waals surface area contributed by atoms with Gasteiger partial charge in [-0.3, -0.25) is 0 Å². The van der Waals surface area contributed by atoms with E-state index in [0.29, 0.717) is 0 Å². The molecule has 3 nitrogen and oxygen atoms in total. The lowest BCUT2D eigenvalue weighted by molar-refractivity contribution is 0.669. The summed E-state index contributed by atoms with van der Waals surface area (Å²) < 4.78 is 9.21. The van der Waals surface area contributed by atoms with Crippen molar-refractivity contribution in [3.05, 3.63) is 231 Å². The van der Waals surface area contributed by atoms with Crippen LogP contribution in [-0.4, -0.2) is 4.57 Å². The van der Waals surface area contributed by atoms with Crippen LogP contribution in [0.3, 0.4) is 0 Å². The number of fused-ring (bicyclic) bond motifs is 8. The molecule has 0 fully saturated rings. The second kappa shape index (κ2) is 14.3. The number of nitrogens with zero attached hydrogens (tertiary/aromatic N) is 2. The van der Waals surface area contributed by atoms with Crippen molar-refractivity contribution in [1.82, 2.24) is 4.57 Å². The monoisotopic (exact) mass is 778 g/mol. The van der Waals surface area contributed by atoms with Gasteiger partial charge in [0.15, 0.2) is 5.58 Å². The van der Waals surface area contributed by atoms with Crippen LogP contribution in [0.25, 0.3) is 93.6 Å². The number of rotatable bonds is 7. The molecule has 286 valence electrons. The van der Waals surface area contributed by atoms with Crippen molar-refractivity contribution in [3.8, 4) is 39.1 Å². The summed E-state index contributed by atoms with van der Waals surface area (Å²) in [4.78, 5) is 2.36. The van der Waals surface area contributed by atoms with Crippen LogP contribution in [0.4, 0.5) is 17.1 Å². The van der Waals surface area contributed by atoms with E-state index in [4.69, 9.17) is 4.42 Å². The number of benzene rings is 10. The van der Waals surface area contributed by atoms with Crippen molar-refractivity contribution in [1.29, 1.82) is 0 Å². The lowest BCUT2D eigenvalue weighted by Crippen LogP contribution is -2.10. The van der Waals surface area contributed by atoms with Crippen molar-refractivity contribution in [2.75, 3.05) is 4.90 Å². The number of aromatic nitrogens is 1. The molecule has 2 heterocycles. The lowest BCUT2D eigenvalue weighted by atomic mass is 9.97. The molecule has 0 aliphatic heterocycles. The smallest absolute Gasteiger partial charge is 0.160 e. The molecule has 0 saturated heterocycles. The number of hydrogen-bond donors (Lipinski definition) is 0. The summed E-state index contributed by atoms with van der Waals surface area (Å²) in [6.45, 7) is 0. The van der Waals surface area contributed by atoms with E-state index in [1.165, 1.54) is 43.9 Å². The summed E-state index contributed by atoms with van der Waals surface area (Å²) in [5.74, 6) is 0. The first-order chi connectivity index (χ1) is 30.2. The Bertz CT molecular complexity index is 3540. The molecule has 12 aromatic rings. The summed E-state index contributed by atoms with van der Waals surface area (Å²) in [7, 11) is 0. The molecule has 0 saturated carbocycles. The van der Waals surface area contributed by atoms with E-state index in [1.807, 2.05) is 6.07 Å². The van der Waals surface area contributed by atoms with Gasteiger partial charge in [-0.15, -0.1) is 0 Å². The molecule has 0 N–H and O–H groups in total. The van der Waals surface area contributed by atoms with Crippen LogP contribution in [0, 0.1) is 0 Å². The molecule has 0 aliphatic carbocycles. The van der Waals surface area contributed by atoms with Gasteiger partial charge in [0.1, 0.15) is 5.58 Å². The van der Waals surface area contributed by atoms with Crippen LogP contribution in [0.1, 0.15) is 0 Å². The van der Waals surface area contributed by atoms with Crippen LogP contribution >= 0.6 is 0 Å². The highest BCUT2D eigenvalue weighted by Crippen LogP contribution is 2.46. The normalized spacial score (nSPS) is 11.6. The fraction of sp³-hybridized carbons (Fsp3) is 0. The summed E-state index contributed by atoms with van der Waals surface area (Å²) >= 11 is 0. The van der Waals surface area contributed by atoms with E-state index >= 15 is 0 Å². The third-order valence-electron chi connectivity index (χ3n) is 12.1. The molecule has 61 heavy (non-hydrogen) atoms. The van der Waals surface area contributed by atoms with Crippen LogP contribution in [-0.2, 0) is 0 Å². The predicted molar refractivity (Wildman–Crippen MR) is 257 cm³/mol. The maximum Gasteiger partial charge on any atom is 0.160 e. The zero-order chi connectivity index (χ0) is 40.3. The Morgan fingerprint density at radius 1 is 0.344 bits per heavy atom. The molecule has 0 radical (unpaired) electrons. The van der Waals surface area contributed by atoms with Gasteiger partial charge in [-0.1, -0.05) is 164 Å². The van der Waals surface area contributed by atoms with Crippen molar-refractivity contribution in [2.24, 2.45) is 0 Å². The van der Waals surface area contributed by atoms with Gasteiger partial charge in [0.05, 0.1) is 16.7 Å². The maximum atomic E-state index is 6.83. The third-order valence-corrected chi connectivity index (χ3v) is 12.1. The highest BCUT2D eigenvalue weighted by atomic mass is 16.3.